The van der Waals surface area contributed by atoms with Crippen LogP contribution < -0.4 is 4.90 Å². The zero-order valence-corrected chi connectivity index (χ0v) is 11.0. The highest BCUT2D eigenvalue weighted by molar-refractivity contribution is 5.94. The molecule has 1 saturated heterocycles. The molecule has 1 aromatic carbocycles. The van der Waals surface area contributed by atoms with Crippen molar-refractivity contribution in [1.82, 2.24) is 4.90 Å². The molecule has 0 aliphatic carbocycles. The molecule has 1 fully saturated rings. The van der Waals surface area contributed by atoms with Gasteiger partial charge < -0.3 is 14.9 Å². The number of hydrogen-bond acceptors (Lipinski definition) is 3. The average molecular weight is 248 g/mol. The van der Waals surface area contributed by atoms with E-state index in [1.165, 1.54) is 12.8 Å². The van der Waals surface area contributed by atoms with Crippen LogP contribution in [-0.4, -0.2) is 49.2 Å². The SMILES string of the molecule is CN(CC1CCCN1C)c1ccccc1C(=O)O. The van der Waals surface area contributed by atoms with E-state index in [2.05, 4.69) is 16.8 Å². The summed E-state index contributed by atoms with van der Waals surface area (Å²) in [6.07, 6.45) is 2.42. The Morgan fingerprint density at radius 2 is 2.22 bits per heavy atom. The van der Waals surface area contributed by atoms with E-state index in [1.807, 2.05) is 19.2 Å². The molecule has 18 heavy (non-hydrogen) atoms. The third kappa shape index (κ3) is 2.64. The second kappa shape index (κ2) is 5.40. The first-order valence-corrected chi connectivity index (χ1v) is 6.33. The number of aromatic carboxylic acids is 1. The molecule has 4 heteroatoms. The van der Waals surface area contributed by atoms with Gasteiger partial charge in [-0.25, -0.2) is 4.79 Å². The largest absolute Gasteiger partial charge is 0.478 e. The number of benzene rings is 1. The first kappa shape index (κ1) is 12.9. The fraction of sp³-hybridized carbons (Fsp3) is 0.500. The van der Waals surface area contributed by atoms with Crippen LogP contribution in [-0.2, 0) is 0 Å². The van der Waals surface area contributed by atoms with E-state index in [1.54, 1.807) is 12.1 Å². The van der Waals surface area contributed by atoms with E-state index in [0.717, 1.165) is 18.8 Å². The molecule has 1 aliphatic heterocycles. The van der Waals surface area contributed by atoms with Crippen LogP contribution in [0.15, 0.2) is 24.3 Å². The lowest BCUT2D eigenvalue weighted by atomic mass is 10.1. The predicted octanol–water partition coefficient (Wildman–Crippen LogP) is 1.92. The molecule has 0 saturated carbocycles. The van der Waals surface area contributed by atoms with Gasteiger partial charge in [0.15, 0.2) is 0 Å². The summed E-state index contributed by atoms with van der Waals surface area (Å²) in [5.41, 5.74) is 1.17. The van der Waals surface area contributed by atoms with Gasteiger partial charge in [0.1, 0.15) is 0 Å². The quantitative estimate of drug-likeness (QED) is 0.884. The first-order valence-electron chi connectivity index (χ1n) is 6.33. The molecule has 0 radical (unpaired) electrons. The molecule has 1 heterocycles. The lowest BCUT2D eigenvalue weighted by Crippen LogP contribution is -2.37. The van der Waals surface area contributed by atoms with Crippen LogP contribution in [0.4, 0.5) is 5.69 Å². The normalized spacial score (nSPS) is 20.0. The number of carboxylic acid groups (broad SMARTS) is 1. The fourth-order valence-corrected chi connectivity index (χ4v) is 2.61. The van der Waals surface area contributed by atoms with Crippen LogP contribution >= 0.6 is 0 Å². The number of likely N-dealkylation sites (N-methyl/N-ethyl adjacent to an activating group) is 2. The van der Waals surface area contributed by atoms with E-state index in [9.17, 15) is 9.90 Å². The second-order valence-electron chi connectivity index (χ2n) is 4.98. The summed E-state index contributed by atoms with van der Waals surface area (Å²) in [6.45, 7) is 2.01. The maximum atomic E-state index is 11.2. The van der Waals surface area contributed by atoms with Gasteiger partial charge in [0.05, 0.1) is 11.3 Å². The lowest BCUT2D eigenvalue weighted by molar-refractivity contribution is 0.0697. The van der Waals surface area contributed by atoms with Gasteiger partial charge >= 0.3 is 5.97 Å². The summed E-state index contributed by atoms with van der Waals surface area (Å²) in [4.78, 5) is 15.6. The second-order valence-corrected chi connectivity index (χ2v) is 4.98. The van der Waals surface area contributed by atoms with Crippen molar-refractivity contribution >= 4 is 11.7 Å². The van der Waals surface area contributed by atoms with E-state index < -0.39 is 5.97 Å². The number of carboxylic acids is 1. The van der Waals surface area contributed by atoms with Crippen LogP contribution in [0.1, 0.15) is 23.2 Å². The van der Waals surface area contributed by atoms with E-state index in [4.69, 9.17) is 0 Å². The highest BCUT2D eigenvalue weighted by Crippen LogP contribution is 2.22. The smallest absolute Gasteiger partial charge is 0.337 e. The number of anilines is 1. The van der Waals surface area contributed by atoms with E-state index in [0.29, 0.717) is 11.6 Å². The summed E-state index contributed by atoms with van der Waals surface area (Å²) >= 11 is 0. The Balaban J connectivity index is 2.13. The fourth-order valence-electron chi connectivity index (χ4n) is 2.61. The Kier molecular flexibility index (Phi) is 3.87. The van der Waals surface area contributed by atoms with Crippen molar-refractivity contribution in [3.05, 3.63) is 29.8 Å². The van der Waals surface area contributed by atoms with Crippen molar-refractivity contribution in [2.24, 2.45) is 0 Å². The van der Waals surface area contributed by atoms with Gasteiger partial charge in [-0.1, -0.05) is 12.1 Å². The Hall–Kier alpha value is -1.55. The minimum absolute atomic E-state index is 0.376. The van der Waals surface area contributed by atoms with Gasteiger partial charge in [0.25, 0.3) is 0 Å². The summed E-state index contributed by atoms with van der Waals surface area (Å²) in [7, 11) is 4.10. The third-order valence-electron chi connectivity index (χ3n) is 3.70. The van der Waals surface area contributed by atoms with Gasteiger partial charge in [-0.05, 0) is 38.6 Å². The van der Waals surface area contributed by atoms with Crippen molar-refractivity contribution in [3.8, 4) is 0 Å². The highest BCUT2D eigenvalue weighted by Gasteiger charge is 2.23. The van der Waals surface area contributed by atoms with Crippen LogP contribution in [0.2, 0.25) is 0 Å². The maximum Gasteiger partial charge on any atom is 0.337 e. The Morgan fingerprint density at radius 1 is 1.50 bits per heavy atom. The molecule has 0 spiro atoms. The zero-order valence-electron chi connectivity index (χ0n) is 11.0. The molecule has 2 rings (SSSR count). The average Bonchev–Trinajstić information content (AvgIpc) is 2.75. The highest BCUT2D eigenvalue weighted by atomic mass is 16.4. The van der Waals surface area contributed by atoms with Crippen LogP contribution in [0.5, 0.6) is 0 Å². The molecule has 1 N–H and O–H groups in total. The number of rotatable bonds is 4. The molecule has 1 aromatic rings. The lowest BCUT2D eigenvalue weighted by Gasteiger charge is -2.28. The van der Waals surface area contributed by atoms with Gasteiger partial charge in [-0.15, -0.1) is 0 Å². The summed E-state index contributed by atoms with van der Waals surface area (Å²) in [6, 6.07) is 7.71. The van der Waals surface area contributed by atoms with Crippen molar-refractivity contribution in [2.75, 3.05) is 32.1 Å². The monoisotopic (exact) mass is 248 g/mol. The van der Waals surface area contributed by atoms with Crippen LogP contribution in [0.3, 0.4) is 0 Å². The Morgan fingerprint density at radius 3 is 2.83 bits per heavy atom. The molecule has 1 aliphatic rings. The summed E-state index contributed by atoms with van der Waals surface area (Å²) < 4.78 is 0. The third-order valence-corrected chi connectivity index (χ3v) is 3.70. The number of likely N-dealkylation sites (tertiary alicyclic amines) is 1. The molecule has 4 nitrogen and oxygen atoms in total. The Bertz CT molecular complexity index is 434. The van der Waals surface area contributed by atoms with Crippen molar-refractivity contribution in [3.63, 3.8) is 0 Å². The number of para-hydroxylation sites is 1. The summed E-state index contributed by atoms with van der Waals surface area (Å²) in [5, 5.41) is 9.19. The molecule has 98 valence electrons. The minimum atomic E-state index is -0.864. The van der Waals surface area contributed by atoms with Crippen LogP contribution in [0, 0.1) is 0 Å². The maximum absolute atomic E-state index is 11.2. The molecule has 0 amide bonds. The number of hydrogen-bond donors (Lipinski definition) is 1. The van der Waals surface area contributed by atoms with Gasteiger partial charge in [0.2, 0.25) is 0 Å². The van der Waals surface area contributed by atoms with Crippen LogP contribution in [0.25, 0.3) is 0 Å². The van der Waals surface area contributed by atoms with Crippen molar-refractivity contribution in [2.45, 2.75) is 18.9 Å². The Labute approximate surface area is 108 Å². The topological polar surface area (TPSA) is 43.8 Å². The van der Waals surface area contributed by atoms with Gasteiger partial charge in [-0.3, -0.25) is 0 Å². The number of nitrogens with zero attached hydrogens (tertiary/aromatic N) is 2. The molecular formula is C14H20N2O2. The van der Waals surface area contributed by atoms with E-state index >= 15 is 0 Å². The molecule has 0 bridgehead atoms. The van der Waals surface area contributed by atoms with E-state index in [-0.39, 0.29) is 0 Å². The predicted molar refractivity (Wildman–Crippen MR) is 72.3 cm³/mol. The first-order chi connectivity index (χ1) is 8.59. The zero-order chi connectivity index (χ0) is 13.1. The molecule has 1 atom stereocenters. The minimum Gasteiger partial charge on any atom is -0.478 e. The number of carbonyl (C=O) groups is 1. The molecule has 1 unspecified atom stereocenters. The van der Waals surface area contributed by atoms with Crippen molar-refractivity contribution < 1.29 is 9.90 Å². The molecule has 0 aromatic heterocycles. The molecular weight excluding hydrogens is 228 g/mol. The van der Waals surface area contributed by atoms with Gasteiger partial charge in [-0.2, -0.15) is 0 Å². The van der Waals surface area contributed by atoms with Crippen molar-refractivity contribution in [1.29, 1.82) is 0 Å². The standard InChI is InChI=1S/C14H20N2O2/c1-15-9-5-6-11(15)10-16(2)13-8-4-3-7-12(13)14(17)18/h3-4,7-8,11H,5-6,9-10H2,1-2H3,(H,17,18). The summed E-state index contributed by atoms with van der Waals surface area (Å²) in [5.74, 6) is -0.864. The van der Waals surface area contributed by atoms with Gasteiger partial charge in [0, 0.05) is 19.6 Å².